The summed E-state index contributed by atoms with van der Waals surface area (Å²) in [6.45, 7) is 1.80. The third-order valence-electron chi connectivity index (χ3n) is 3.59. The summed E-state index contributed by atoms with van der Waals surface area (Å²) in [4.78, 5) is 13.7. The van der Waals surface area contributed by atoms with Crippen LogP contribution in [0.3, 0.4) is 0 Å². The molecule has 0 saturated heterocycles. The van der Waals surface area contributed by atoms with Crippen molar-refractivity contribution in [3.05, 3.63) is 76.9 Å². The maximum absolute atomic E-state index is 13.0. The van der Waals surface area contributed by atoms with Crippen LogP contribution >= 0.6 is 11.3 Å². The zero-order chi connectivity index (χ0) is 17.8. The van der Waals surface area contributed by atoms with Crippen molar-refractivity contribution < 1.29 is 9.18 Å². The molecule has 0 aliphatic carbocycles. The standard InChI is InChI=1S/C19H16FN3OS/c1-12(14-3-2-4-16(21)11-14)22-23-19(24)18-10-9-17(25-18)13-5-7-15(20)8-6-13/h2-11H,21H2,1H3,(H,23,24)/b22-12-. The van der Waals surface area contributed by atoms with Crippen molar-refractivity contribution in [2.45, 2.75) is 6.92 Å². The minimum Gasteiger partial charge on any atom is -0.399 e. The molecule has 3 aromatic rings. The first-order valence-corrected chi connectivity index (χ1v) is 8.41. The van der Waals surface area contributed by atoms with Crippen molar-refractivity contribution in [3.63, 3.8) is 0 Å². The number of carbonyl (C=O) groups is 1. The molecule has 0 saturated carbocycles. The van der Waals surface area contributed by atoms with Gasteiger partial charge in [-0.25, -0.2) is 9.82 Å². The lowest BCUT2D eigenvalue weighted by Crippen LogP contribution is -2.18. The molecule has 1 heterocycles. The normalized spacial score (nSPS) is 11.4. The molecule has 126 valence electrons. The largest absolute Gasteiger partial charge is 0.399 e. The Kier molecular flexibility index (Phi) is 4.90. The number of nitrogens with two attached hydrogens (primary N) is 1. The van der Waals surface area contributed by atoms with Crippen LogP contribution in [0.15, 0.2) is 65.8 Å². The molecule has 4 nitrogen and oxygen atoms in total. The summed E-state index contributed by atoms with van der Waals surface area (Å²) < 4.78 is 13.0. The van der Waals surface area contributed by atoms with Crippen LogP contribution in [0, 0.1) is 5.82 Å². The maximum atomic E-state index is 13.0. The van der Waals surface area contributed by atoms with Crippen LogP contribution in [-0.4, -0.2) is 11.6 Å². The number of nitrogen functional groups attached to an aromatic ring is 1. The molecule has 0 bridgehead atoms. The van der Waals surface area contributed by atoms with E-state index in [2.05, 4.69) is 10.5 Å². The van der Waals surface area contributed by atoms with Crippen molar-refractivity contribution >= 4 is 28.6 Å². The first-order chi connectivity index (χ1) is 12.0. The minimum atomic E-state index is -0.290. The van der Waals surface area contributed by atoms with Crippen LogP contribution in [0.5, 0.6) is 0 Å². The lowest BCUT2D eigenvalue weighted by atomic mass is 10.1. The van der Waals surface area contributed by atoms with E-state index in [0.29, 0.717) is 16.3 Å². The highest BCUT2D eigenvalue weighted by Gasteiger charge is 2.10. The molecule has 1 aromatic heterocycles. The summed E-state index contributed by atoms with van der Waals surface area (Å²) in [7, 11) is 0. The Bertz CT molecular complexity index is 932. The summed E-state index contributed by atoms with van der Waals surface area (Å²) in [5.74, 6) is -0.578. The molecule has 0 spiro atoms. The van der Waals surface area contributed by atoms with Crippen LogP contribution < -0.4 is 11.2 Å². The number of nitrogens with zero attached hydrogens (tertiary/aromatic N) is 1. The Balaban J connectivity index is 1.71. The van der Waals surface area contributed by atoms with E-state index >= 15 is 0 Å². The van der Waals surface area contributed by atoms with E-state index in [1.165, 1.54) is 23.5 Å². The molecule has 0 unspecified atom stereocenters. The van der Waals surface area contributed by atoms with Crippen LogP contribution in [-0.2, 0) is 0 Å². The fourth-order valence-electron chi connectivity index (χ4n) is 2.25. The number of anilines is 1. The van der Waals surface area contributed by atoms with E-state index < -0.39 is 0 Å². The molecule has 0 radical (unpaired) electrons. The van der Waals surface area contributed by atoms with Gasteiger partial charge in [-0.1, -0.05) is 24.3 Å². The first-order valence-electron chi connectivity index (χ1n) is 7.59. The maximum Gasteiger partial charge on any atom is 0.281 e. The minimum absolute atomic E-state index is 0.287. The monoisotopic (exact) mass is 353 g/mol. The van der Waals surface area contributed by atoms with Gasteiger partial charge in [0.05, 0.1) is 10.6 Å². The molecule has 6 heteroatoms. The Hall–Kier alpha value is -2.99. The van der Waals surface area contributed by atoms with E-state index in [0.717, 1.165) is 16.0 Å². The Morgan fingerprint density at radius 2 is 1.88 bits per heavy atom. The quantitative estimate of drug-likeness (QED) is 0.417. The second-order valence-corrected chi connectivity index (χ2v) is 6.52. The number of rotatable bonds is 4. The number of amides is 1. The predicted octanol–water partition coefficient (Wildman–Crippen LogP) is 4.29. The number of hydrogen-bond acceptors (Lipinski definition) is 4. The molecule has 0 fully saturated rings. The summed E-state index contributed by atoms with van der Waals surface area (Å²) in [6.07, 6.45) is 0. The third-order valence-corrected chi connectivity index (χ3v) is 4.72. The predicted molar refractivity (Wildman–Crippen MR) is 100 cm³/mol. The second kappa shape index (κ2) is 7.27. The van der Waals surface area contributed by atoms with Gasteiger partial charge in [0, 0.05) is 10.6 Å². The highest BCUT2D eigenvalue weighted by atomic mass is 32.1. The summed E-state index contributed by atoms with van der Waals surface area (Å²) in [5, 5.41) is 4.12. The molecule has 0 atom stereocenters. The van der Waals surface area contributed by atoms with Crippen LogP contribution in [0.1, 0.15) is 22.2 Å². The molecule has 0 aliphatic heterocycles. The summed E-state index contributed by atoms with van der Waals surface area (Å²) in [6, 6.07) is 17.0. The van der Waals surface area contributed by atoms with Gasteiger partial charge in [-0.05, 0) is 54.4 Å². The van der Waals surface area contributed by atoms with Crippen molar-refractivity contribution in [1.29, 1.82) is 0 Å². The number of hydrazone groups is 1. The molecule has 3 N–H and O–H groups in total. The van der Waals surface area contributed by atoms with Gasteiger partial charge >= 0.3 is 0 Å². The highest BCUT2D eigenvalue weighted by molar-refractivity contribution is 7.17. The molecular weight excluding hydrogens is 337 g/mol. The van der Waals surface area contributed by atoms with Gasteiger partial charge in [-0.15, -0.1) is 11.3 Å². The van der Waals surface area contributed by atoms with Gasteiger partial charge < -0.3 is 5.73 Å². The molecule has 1 amide bonds. The number of thiophene rings is 1. The molecular formula is C19H16FN3OS. The van der Waals surface area contributed by atoms with E-state index in [1.54, 1.807) is 37.3 Å². The lowest BCUT2D eigenvalue weighted by molar-refractivity contribution is 0.0959. The molecule has 25 heavy (non-hydrogen) atoms. The summed E-state index contributed by atoms with van der Waals surface area (Å²) in [5.41, 5.74) is 11.3. The zero-order valence-corrected chi connectivity index (χ0v) is 14.3. The van der Waals surface area contributed by atoms with Gasteiger partial charge in [0.15, 0.2) is 0 Å². The van der Waals surface area contributed by atoms with Gasteiger partial charge in [0.25, 0.3) is 5.91 Å². The van der Waals surface area contributed by atoms with Gasteiger partial charge in [-0.3, -0.25) is 4.79 Å². The average Bonchev–Trinajstić information content (AvgIpc) is 3.10. The Morgan fingerprint density at radius 3 is 2.60 bits per heavy atom. The van der Waals surface area contributed by atoms with Gasteiger partial charge in [0.2, 0.25) is 0 Å². The van der Waals surface area contributed by atoms with E-state index in [4.69, 9.17) is 5.73 Å². The average molecular weight is 353 g/mol. The highest BCUT2D eigenvalue weighted by Crippen LogP contribution is 2.28. The fraction of sp³-hybridized carbons (Fsp3) is 0.0526. The number of carbonyl (C=O) groups excluding carboxylic acids is 1. The number of halogens is 1. The van der Waals surface area contributed by atoms with Gasteiger partial charge in [0.1, 0.15) is 5.82 Å². The second-order valence-electron chi connectivity index (χ2n) is 5.43. The fourth-order valence-corrected chi connectivity index (χ4v) is 3.15. The zero-order valence-electron chi connectivity index (χ0n) is 13.5. The van der Waals surface area contributed by atoms with Crippen LogP contribution in [0.25, 0.3) is 10.4 Å². The first kappa shape index (κ1) is 16.9. The number of benzene rings is 2. The number of nitrogens with one attached hydrogen (secondary N) is 1. The Morgan fingerprint density at radius 1 is 1.12 bits per heavy atom. The van der Waals surface area contributed by atoms with E-state index in [9.17, 15) is 9.18 Å². The van der Waals surface area contributed by atoms with Crippen molar-refractivity contribution in [2.75, 3.05) is 5.73 Å². The lowest BCUT2D eigenvalue weighted by Gasteiger charge is -2.03. The van der Waals surface area contributed by atoms with E-state index in [-0.39, 0.29) is 11.7 Å². The molecule has 3 rings (SSSR count). The van der Waals surface area contributed by atoms with E-state index in [1.807, 2.05) is 18.2 Å². The third kappa shape index (κ3) is 4.10. The van der Waals surface area contributed by atoms with Crippen molar-refractivity contribution in [2.24, 2.45) is 5.10 Å². The smallest absolute Gasteiger partial charge is 0.281 e. The van der Waals surface area contributed by atoms with Crippen molar-refractivity contribution in [1.82, 2.24) is 5.43 Å². The molecule has 0 aliphatic rings. The summed E-state index contributed by atoms with van der Waals surface area (Å²) >= 11 is 1.33. The topological polar surface area (TPSA) is 67.5 Å². The van der Waals surface area contributed by atoms with Gasteiger partial charge in [-0.2, -0.15) is 5.10 Å². The SMILES string of the molecule is C/C(=N/NC(=O)c1ccc(-c2ccc(F)cc2)s1)c1cccc(N)c1. The van der Waals surface area contributed by atoms with Crippen LogP contribution in [0.4, 0.5) is 10.1 Å². The number of hydrogen-bond donors (Lipinski definition) is 2. The molecule has 2 aromatic carbocycles. The van der Waals surface area contributed by atoms with Crippen molar-refractivity contribution in [3.8, 4) is 10.4 Å². The van der Waals surface area contributed by atoms with Crippen LogP contribution in [0.2, 0.25) is 0 Å². The Labute approximate surface area is 148 Å².